The number of amides is 1. The zero-order valence-electron chi connectivity index (χ0n) is 18.1. The van der Waals surface area contributed by atoms with Crippen LogP contribution in [0.5, 0.6) is 0 Å². The van der Waals surface area contributed by atoms with Crippen LogP contribution in [-0.4, -0.2) is 37.5 Å². The number of aromatic nitrogens is 4. The van der Waals surface area contributed by atoms with Crippen LogP contribution in [-0.2, 0) is 13.1 Å². The fourth-order valence-electron chi connectivity index (χ4n) is 3.55. The molecule has 0 unspecified atom stereocenters. The molecule has 0 saturated carbocycles. The lowest BCUT2D eigenvalue weighted by atomic mass is 10.1. The number of nitrogens with zero attached hydrogens (tertiary/aromatic N) is 4. The second-order valence-corrected chi connectivity index (χ2v) is 8.70. The average molecular weight is 448 g/mol. The lowest BCUT2D eigenvalue weighted by Crippen LogP contribution is -2.28. The quantitative estimate of drug-likeness (QED) is 0.418. The minimum absolute atomic E-state index is 0.119. The number of benzene rings is 2. The van der Waals surface area contributed by atoms with Crippen molar-refractivity contribution in [1.29, 1.82) is 0 Å². The molecule has 0 aliphatic rings. The molecule has 0 aliphatic heterocycles. The van der Waals surface area contributed by atoms with E-state index in [1.807, 2.05) is 55.5 Å². The van der Waals surface area contributed by atoms with Gasteiger partial charge in [0.25, 0.3) is 11.5 Å². The van der Waals surface area contributed by atoms with Crippen molar-refractivity contribution in [2.24, 2.45) is 0 Å². The second kappa shape index (κ2) is 9.82. The number of aryl methyl sites for hydroxylation is 1. The lowest BCUT2D eigenvalue weighted by Gasteiger charge is -2.10. The standard InChI is InChI=1S/C24H25N5O2S/c1-3-32-21-11-7-6-10-19(21)23(30)25-12-13-29-22-20(14-27-29)24(31)28(16-26-22)15-18-9-5-4-8-17(18)2/h4-11,14,16H,3,12-13,15H2,1-2H3,(H,25,30). The molecular formula is C24H25N5O2S. The highest BCUT2D eigenvalue weighted by Gasteiger charge is 2.13. The van der Waals surface area contributed by atoms with E-state index < -0.39 is 0 Å². The van der Waals surface area contributed by atoms with Gasteiger partial charge in [-0.1, -0.05) is 43.3 Å². The summed E-state index contributed by atoms with van der Waals surface area (Å²) in [6, 6.07) is 15.6. The molecule has 164 valence electrons. The van der Waals surface area contributed by atoms with Crippen LogP contribution in [0.1, 0.15) is 28.4 Å². The molecule has 1 amide bonds. The van der Waals surface area contributed by atoms with Crippen LogP contribution >= 0.6 is 11.8 Å². The first-order valence-electron chi connectivity index (χ1n) is 10.5. The molecule has 7 nitrogen and oxygen atoms in total. The number of hydrogen-bond acceptors (Lipinski definition) is 5. The summed E-state index contributed by atoms with van der Waals surface area (Å²) < 4.78 is 3.25. The topological polar surface area (TPSA) is 81.8 Å². The van der Waals surface area contributed by atoms with Crippen LogP contribution in [0.15, 0.2) is 70.7 Å². The predicted octanol–water partition coefficient (Wildman–Crippen LogP) is 3.49. The molecule has 32 heavy (non-hydrogen) atoms. The molecule has 0 aliphatic carbocycles. The van der Waals surface area contributed by atoms with Gasteiger partial charge in [0, 0.05) is 11.4 Å². The maximum atomic E-state index is 12.9. The molecule has 4 rings (SSSR count). The number of rotatable bonds is 8. The van der Waals surface area contributed by atoms with Crippen LogP contribution in [0, 0.1) is 6.92 Å². The Bertz CT molecular complexity index is 1310. The third-order valence-corrected chi connectivity index (χ3v) is 6.22. The van der Waals surface area contributed by atoms with Crippen molar-refractivity contribution in [1.82, 2.24) is 24.6 Å². The van der Waals surface area contributed by atoms with Gasteiger partial charge in [-0.2, -0.15) is 5.10 Å². The molecular weight excluding hydrogens is 422 g/mol. The van der Waals surface area contributed by atoms with Gasteiger partial charge in [-0.3, -0.25) is 14.2 Å². The summed E-state index contributed by atoms with van der Waals surface area (Å²) in [5.74, 6) is 0.780. The summed E-state index contributed by atoms with van der Waals surface area (Å²) in [4.78, 5) is 31.0. The number of hydrogen-bond donors (Lipinski definition) is 1. The molecule has 8 heteroatoms. The maximum Gasteiger partial charge on any atom is 0.264 e. The molecule has 2 aromatic heterocycles. The number of fused-ring (bicyclic) bond motifs is 1. The van der Waals surface area contributed by atoms with E-state index in [4.69, 9.17) is 0 Å². The minimum atomic E-state index is -0.126. The maximum absolute atomic E-state index is 12.9. The van der Waals surface area contributed by atoms with Gasteiger partial charge in [0.15, 0.2) is 5.65 Å². The van der Waals surface area contributed by atoms with Crippen molar-refractivity contribution >= 4 is 28.7 Å². The molecule has 0 bridgehead atoms. The first kappa shape index (κ1) is 21.8. The van der Waals surface area contributed by atoms with Gasteiger partial charge in [-0.05, 0) is 35.9 Å². The zero-order chi connectivity index (χ0) is 22.5. The Morgan fingerprint density at radius 1 is 1.12 bits per heavy atom. The van der Waals surface area contributed by atoms with E-state index >= 15 is 0 Å². The van der Waals surface area contributed by atoms with E-state index in [-0.39, 0.29) is 11.5 Å². The van der Waals surface area contributed by atoms with Crippen LogP contribution < -0.4 is 10.9 Å². The lowest BCUT2D eigenvalue weighted by molar-refractivity contribution is 0.0949. The first-order chi connectivity index (χ1) is 15.6. The number of carbonyl (C=O) groups excluding carboxylic acids is 1. The van der Waals surface area contributed by atoms with Gasteiger partial charge in [0.1, 0.15) is 11.7 Å². The molecule has 0 fully saturated rings. The molecule has 4 aromatic rings. The third-order valence-electron chi connectivity index (χ3n) is 5.26. The summed E-state index contributed by atoms with van der Waals surface area (Å²) >= 11 is 1.64. The summed E-state index contributed by atoms with van der Waals surface area (Å²) in [6.07, 6.45) is 3.11. The van der Waals surface area contributed by atoms with Crippen LogP contribution in [0.4, 0.5) is 0 Å². The van der Waals surface area contributed by atoms with E-state index in [1.54, 1.807) is 33.5 Å². The van der Waals surface area contributed by atoms with E-state index in [9.17, 15) is 9.59 Å². The zero-order valence-corrected chi connectivity index (χ0v) is 18.9. The van der Waals surface area contributed by atoms with E-state index in [0.717, 1.165) is 21.8 Å². The largest absolute Gasteiger partial charge is 0.350 e. The van der Waals surface area contributed by atoms with E-state index in [1.165, 1.54) is 0 Å². The molecule has 2 aromatic carbocycles. The third kappa shape index (κ3) is 4.60. The summed E-state index contributed by atoms with van der Waals surface area (Å²) in [5, 5.41) is 7.73. The number of nitrogens with one attached hydrogen (secondary N) is 1. The fraction of sp³-hybridized carbons (Fsp3) is 0.250. The Morgan fingerprint density at radius 3 is 2.72 bits per heavy atom. The van der Waals surface area contributed by atoms with Crippen LogP contribution in [0.2, 0.25) is 0 Å². The SMILES string of the molecule is CCSc1ccccc1C(=O)NCCn1ncc2c(=O)n(Cc3ccccc3C)cnc21. The first-order valence-corrected chi connectivity index (χ1v) is 11.5. The van der Waals surface area contributed by atoms with Gasteiger partial charge in [-0.25, -0.2) is 9.67 Å². The highest BCUT2D eigenvalue weighted by molar-refractivity contribution is 7.99. The Kier molecular flexibility index (Phi) is 6.70. The number of carbonyl (C=O) groups is 1. The summed E-state index contributed by atoms with van der Waals surface area (Å²) in [6.45, 7) is 5.36. The van der Waals surface area contributed by atoms with Gasteiger partial charge in [-0.15, -0.1) is 11.8 Å². The van der Waals surface area contributed by atoms with Crippen molar-refractivity contribution in [2.45, 2.75) is 31.8 Å². The molecule has 0 spiro atoms. The molecule has 2 heterocycles. The number of thioether (sulfide) groups is 1. The normalized spacial score (nSPS) is 11.1. The smallest absolute Gasteiger partial charge is 0.264 e. The minimum Gasteiger partial charge on any atom is -0.350 e. The Hall–Kier alpha value is -3.39. The van der Waals surface area contributed by atoms with Crippen molar-refractivity contribution in [2.75, 3.05) is 12.3 Å². The Balaban J connectivity index is 1.46. The van der Waals surface area contributed by atoms with Gasteiger partial charge < -0.3 is 5.32 Å². The Labute approximate surface area is 190 Å². The summed E-state index contributed by atoms with van der Waals surface area (Å²) in [7, 11) is 0. The molecule has 0 saturated heterocycles. The van der Waals surface area contributed by atoms with Crippen molar-refractivity contribution in [3.8, 4) is 0 Å². The average Bonchev–Trinajstić information content (AvgIpc) is 3.21. The monoisotopic (exact) mass is 447 g/mol. The summed E-state index contributed by atoms with van der Waals surface area (Å²) in [5.41, 5.74) is 3.27. The van der Waals surface area contributed by atoms with E-state index in [2.05, 4.69) is 22.3 Å². The van der Waals surface area contributed by atoms with E-state index in [0.29, 0.717) is 36.2 Å². The second-order valence-electron chi connectivity index (χ2n) is 7.39. The van der Waals surface area contributed by atoms with Gasteiger partial charge in [0.2, 0.25) is 0 Å². The van der Waals surface area contributed by atoms with Crippen molar-refractivity contribution < 1.29 is 4.79 Å². The highest BCUT2D eigenvalue weighted by atomic mass is 32.2. The molecule has 0 atom stereocenters. The van der Waals surface area contributed by atoms with Crippen molar-refractivity contribution in [3.63, 3.8) is 0 Å². The van der Waals surface area contributed by atoms with Gasteiger partial charge >= 0.3 is 0 Å². The molecule has 0 radical (unpaired) electrons. The van der Waals surface area contributed by atoms with Crippen molar-refractivity contribution in [3.05, 3.63) is 88.1 Å². The van der Waals surface area contributed by atoms with Gasteiger partial charge in [0.05, 0.1) is 24.8 Å². The van der Waals surface area contributed by atoms with Crippen LogP contribution in [0.25, 0.3) is 11.0 Å². The Morgan fingerprint density at radius 2 is 1.91 bits per heavy atom. The highest BCUT2D eigenvalue weighted by Crippen LogP contribution is 2.22. The fourth-order valence-corrected chi connectivity index (χ4v) is 4.35. The predicted molar refractivity (Wildman–Crippen MR) is 127 cm³/mol. The molecule has 1 N–H and O–H groups in total. The van der Waals surface area contributed by atoms with Crippen LogP contribution in [0.3, 0.4) is 0 Å².